The number of nitrogens with two attached hydrogens (primary N) is 1. The van der Waals surface area contributed by atoms with Gasteiger partial charge in [0.1, 0.15) is 0 Å². The quantitative estimate of drug-likeness (QED) is 0.864. The molecule has 2 aromatic rings. The molecule has 0 spiro atoms. The van der Waals surface area contributed by atoms with Crippen LogP contribution in [0.3, 0.4) is 0 Å². The Morgan fingerprint density at radius 1 is 0.952 bits per heavy atom. The van der Waals surface area contributed by atoms with Crippen LogP contribution in [0.4, 0.5) is 0 Å². The monoisotopic (exact) mass is 297 g/mol. The summed E-state index contributed by atoms with van der Waals surface area (Å²) in [6, 6.07) is 19.5. The van der Waals surface area contributed by atoms with Crippen molar-refractivity contribution in [2.24, 2.45) is 11.7 Å². The minimum Gasteiger partial charge on any atom is -0.330 e. The maximum absolute atomic E-state index is 5.79. The second kappa shape index (κ2) is 7.15. The summed E-state index contributed by atoms with van der Waals surface area (Å²) in [4.78, 5) is 0. The summed E-state index contributed by atoms with van der Waals surface area (Å²) < 4.78 is 0. The summed E-state index contributed by atoms with van der Waals surface area (Å²) in [7, 11) is 0. The molecule has 0 saturated heterocycles. The van der Waals surface area contributed by atoms with E-state index in [9.17, 15) is 0 Å². The zero-order chi connectivity index (χ0) is 14.5. The minimum atomic E-state index is 0.756. The fourth-order valence-corrected chi connectivity index (χ4v) is 4.53. The Balaban J connectivity index is 1.69. The lowest BCUT2D eigenvalue weighted by Gasteiger charge is -2.13. The molecule has 0 bridgehead atoms. The molecule has 2 heteroatoms. The molecule has 1 saturated carbocycles. The van der Waals surface area contributed by atoms with Crippen molar-refractivity contribution in [3.63, 3.8) is 0 Å². The lowest BCUT2D eigenvalue weighted by Crippen LogP contribution is -2.11. The fourth-order valence-electron chi connectivity index (χ4n) is 3.15. The van der Waals surface area contributed by atoms with Gasteiger partial charge in [-0.15, -0.1) is 0 Å². The molecule has 1 aliphatic carbocycles. The first-order chi connectivity index (χ1) is 10.4. The molecular formula is C19H23NS. The largest absolute Gasteiger partial charge is 0.330 e. The summed E-state index contributed by atoms with van der Waals surface area (Å²) in [5.74, 6) is 1.86. The molecule has 0 heterocycles. The average molecular weight is 297 g/mol. The number of benzene rings is 2. The van der Waals surface area contributed by atoms with Crippen LogP contribution in [0.5, 0.6) is 0 Å². The van der Waals surface area contributed by atoms with Gasteiger partial charge in [0.15, 0.2) is 0 Å². The first-order valence-electron chi connectivity index (χ1n) is 7.82. The van der Waals surface area contributed by atoms with Crippen molar-refractivity contribution in [3.8, 4) is 11.1 Å². The zero-order valence-electron chi connectivity index (χ0n) is 12.4. The number of hydrogen-bond acceptors (Lipinski definition) is 2. The van der Waals surface area contributed by atoms with Gasteiger partial charge in [0.2, 0.25) is 0 Å². The van der Waals surface area contributed by atoms with Crippen LogP contribution in [-0.4, -0.2) is 11.8 Å². The van der Waals surface area contributed by atoms with Crippen molar-refractivity contribution in [2.45, 2.75) is 30.3 Å². The second-order valence-corrected chi connectivity index (χ2v) is 7.16. The second-order valence-electron chi connectivity index (χ2n) is 5.87. The van der Waals surface area contributed by atoms with Crippen molar-refractivity contribution >= 4 is 11.8 Å². The number of hydrogen-bond donors (Lipinski definition) is 1. The van der Waals surface area contributed by atoms with Crippen LogP contribution in [0.2, 0.25) is 0 Å². The predicted octanol–water partition coefficient (Wildman–Crippen LogP) is 4.71. The van der Waals surface area contributed by atoms with Crippen LogP contribution < -0.4 is 5.73 Å². The van der Waals surface area contributed by atoms with Gasteiger partial charge in [0.25, 0.3) is 0 Å². The Kier molecular flexibility index (Phi) is 5.00. The van der Waals surface area contributed by atoms with Crippen molar-refractivity contribution in [1.82, 2.24) is 0 Å². The third kappa shape index (κ3) is 3.69. The van der Waals surface area contributed by atoms with Gasteiger partial charge in [0, 0.05) is 11.0 Å². The number of rotatable bonds is 5. The summed E-state index contributed by atoms with van der Waals surface area (Å²) in [5, 5.41) is 0.794. The first-order valence-corrected chi connectivity index (χ1v) is 8.86. The molecule has 2 atom stereocenters. The van der Waals surface area contributed by atoms with Gasteiger partial charge in [0.05, 0.1) is 0 Å². The van der Waals surface area contributed by atoms with Crippen LogP contribution in [0.15, 0.2) is 54.6 Å². The van der Waals surface area contributed by atoms with Gasteiger partial charge in [-0.05, 0) is 48.4 Å². The van der Waals surface area contributed by atoms with Crippen LogP contribution in [-0.2, 0) is 5.75 Å². The Morgan fingerprint density at radius 3 is 2.48 bits per heavy atom. The lowest BCUT2D eigenvalue weighted by atomic mass is 10.0. The molecule has 2 N–H and O–H groups in total. The standard InChI is InChI=1S/C19H23NS/c20-13-15-10-11-18(12-15)21-14-17-8-4-5-9-19(17)16-6-2-1-3-7-16/h1-9,15,18H,10-14,20H2/t15-,18+/m0/s1. The van der Waals surface area contributed by atoms with Crippen molar-refractivity contribution in [1.29, 1.82) is 0 Å². The maximum atomic E-state index is 5.79. The topological polar surface area (TPSA) is 26.0 Å². The van der Waals surface area contributed by atoms with Crippen LogP contribution in [0.25, 0.3) is 11.1 Å². The van der Waals surface area contributed by atoms with Crippen LogP contribution >= 0.6 is 11.8 Å². The van der Waals surface area contributed by atoms with Crippen molar-refractivity contribution < 1.29 is 0 Å². The van der Waals surface area contributed by atoms with E-state index >= 15 is 0 Å². The highest BCUT2D eigenvalue weighted by molar-refractivity contribution is 7.99. The van der Waals surface area contributed by atoms with Gasteiger partial charge in [-0.25, -0.2) is 0 Å². The van der Waals surface area contributed by atoms with Crippen LogP contribution in [0.1, 0.15) is 24.8 Å². The first kappa shape index (κ1) is 14.7. The minimum absolute atomic E-state index is 0.756. The van der Waals surface area contributed by atoms with E-state index in [1.54, 1.807) is 0 Å². The highest BCUT2D eigenvalue weighted by atomic mass is 32.2. The fraction of sp³-hybridized carbons (Fsp3) is 0.368. The molecule has 0 unspecified atom stereocenters. The van der Waals surface area contributed by atoms with E-state index < -0.39 is 0 Å². The highest BCUT2D eigenvalue weighted by Crippen LogP contribution is 2.36. The molecule has 1 nitrogen and oxygen atoms in total. The Hall–Kier alpha value is -1.25. The van der Waals surface area contributed by atoms with E-state index in [0.717, 1.165) is 23.5 Å². The Morgan fingerprint density at radius 2 is 1.71 bits per heavy atom. The van der Waals surface area contributed by atoms with Gasteiger partial charge < -0.3 is 5.73 Å². The molecule has 0 amide bonds. The predicted molar refractivity (Wildman–Crippen MR) is 93.4 cm³/mol. The average Bonchev–Trinajstić information content (AvgIpc) is 3.02. The van der Waals surface area contributed by atoms with E-state index in [1.165, 1.54) is 36.0 Å². The molecule has 0 aliphatic heterocycles. The van der Waals surface area contributed by atoms with Crippen molar-refractivity contribution in [3.05, 3.63) is 60.2 Å². The smallest absolute Gasteiger partial charge is 0.0193 e. The van der Waals surface area contributed by atoms with E-state index in [2.05, 4.69) is 66.4 Å². The van der Waals surface area contributed by atoms with Gasteiger partial charge in [-0.1, -0.05) is 54.6 Å². The molecule has 110 valence electrons. The number of thioether (sulfide) groups is 1. The maximum Gasteiger partial charge on any atom is 0.0193 e. The summed E-state index contributed by atoms with van der Waals surface area (Å²) in [5.41, 5.74) is 9.94. The molecule has 1 aliphatic rings. The molecule has 21 heavy (non-hydrogen) atoms. The lowest BCUT2D eigenvalue weighted by molar-refractivity contribution is 0.563. The van der Waals surface area contributed by atoms with Crippen molar-refractivity contribution in [2.75, 3.05) is 6.54 Å². The van der Waals surface area contributed by atoms with E-state index in [1.807, 2.05) is 0 Å². The van der Waals surface area contributed by atoms with E-state index in [0.29, 0.717) is 0 Å². The third-order valence-electron chi connectivity index (χ3n) is 4.40. The molecule has 2 aromatic carbocycles. The molecule has 0 radical (unpaired) electrons. The summed E-state index contributed by atoms with van der Waals surface area (Å²) in [6.07, 6.45) is 3.95. The van der Waals surface area contributed by atoms with Gasteiger partial charge in [-0.3, -0.25) is 0 Å². The summed E-state index contributed by atoms with van der Waals surface area (Å²) in [6.45, 7) is 0.859. The normalized spacial score (nSPS) is 21.6. The summed E-state index contributed by atoms with van der Waals surface area (Å²) >= 11 is 2.11. The zero-order valence-corrected chi connectivity index (χ0v) is 13.2. The van der Waals surface area contributed by atoms with E-state index in [-0.39, 0.29) is 0 Å². The Labute approximate surface area is 132 Å². The van der Waals surface area contributed by atoms with Gasteiger partial charge in [-0.2, -0.15) is 11.8 Å². The Bertz CT molecular complexity index is 567. The SMILES string of the molecule is NC[C@H]1CC[C@@H](SCc2ccccc2-c2ccccc2)C1. The molecule has 0 aromatic heterocycles. The van der Waals surface area contributed by atoms with Gasteiger partial charge >= 0.3 is 0 Å². The molecule has 1 fully saturated rings. The molecular weight excluding hydrogens is 274 g/mol. The third-order valence-corrected chi connectivity index (χ3v) is 5.78. The van der Waals surface area contributed by atoms with Crippen LogP contribution in [0, 0.1) is 5.92 Å². The highest BCUT2D eigenvalue weighted by Gasteiger charge is 2.23. The van der Waals surface area contributed by atoms with E-state index in [4.69, 9.17) is 5.73 Å². The molecule has 3 rings (SSSR count).